The molecule has 7 heteroatoms. The van der Waals surface area contributed by atoms with E-state index in [9.17, 15) is 4.79 Å². The van der Waals surface area contributed by atoms with Gasteiger partial charge < -0.3 is 25.0 Å². The van der Waals surface area contributed by atoms with E-state index in [1.165, 1.54) is 0 Å². The fourth-order valence-corrected chi connectivity index (χ4v) is 2.72. The first-order valence-corrected chi connectivity index (χ1v) is 9.30. The second kappa shape index (κ2) is 11.3. The Labute approximate surface area is 152 Å². The number of carbonyl (C=O) groups is 1. The Morgan fingerprint density at radius 3 is 2.48 bits per heavy atom. The van der Waals surface area contributed by atoms with Crippen LogP contribution in [0, 0.1) is 0 Å². The molecule has 0 spiro atoms. The van der Waals surface area contributed by atoms with Crippen LogP contribution in [0.2, 0.25) is 0 Å². The molecule has 1 saturated heterocycles. The van der Waals surface area contributed by atoms with Crippen LogP contribution >= 0.6 is 0 Å². The molecule has 0 aromatic rings. The molecule has 1 heterocycles. The Balaban J connectivity index is 2.44. The molecule has 0 radical (unpaired) electrons. The minimum atomic E-state index is -0.233. The summed E-state index contributed by atoms with van der Waals surface area (Å²) in [5.74, 6) is 0.753. The van der Waals surface area contributed by atoms with Crippen molar-refractivity contribution in [1.29, 1.82) is 0 Å². The highest BCUT2D eigenvalue weighted by molar-refractivity contribution is 5.85. The first-order chi connectivity index (χ1) is 11.9. The van der Waals surface area contributed by atoms with E-state index in [4.69, 9.17) is 9.47 Å². The van der Waals surface area contributed by atoms with Gasteiger partial charge in [-0.25, -0.2) is 4.99 Å². The molecule has 1 aliphatic rings. The number of guanidine groups is 1. The van der Waals surface area contributed by atoms with E-state index in [1.54, 1.807) is 7.11 Å². The number of nitrogens with zero attached hydrogens (tertiary/aromatic N) is 2. The summed E-state index contributed by atoms with van der Waals surface area (Å²) in [5.41, 5.74) is -0.233. The maximum atomic E-state index is 12.0. The zero-order chi connectivity index (χ0) is 18.7. The van der Waals surface area contributed by atoms with Gasteiger partial charge in [-0.05, 0) is 47.0 Å². The Morgan fingerprint density at radius 2 is 1.92 bits per heavy atom. The normalized spacial score (nSPS) is 16.8. The number of carbonyl (C=O) groups excluding carboxylic acids is 1. The predicted molar refractivity (Wildman–Crippen MR) is 101 cm³/mol. The van der Waals surface area contributed by atoms with E-state index >= 15 is 0 Å². The number of ether oxygens (including phenoxy) is 2. The Hall–Kier alpha value is -1.34. The molecule has 0 atom stereocenters. The minimum Gasteiger partial charge on any atom is -0.385 e. The van der Waals surface area contributed by atoms with Crippen molar-refractivity contribution in [2.45, 2.75) is 58.6 Å². The molecule has 25 heavy (non-hydrogen) atoms. The summed E-state index contributed by atoms with van der Waals surface area (Å²) >= 11 is 0. The number of methoxy groups -OCH3 is 1. The number of hydrogen-bond donors (Lipinski definition) is 2. The SMILES string of the molecule is CCNC(=NCC(=O)NC(C)(C)C)N1CCC(OCCCOC)CC1. The van der Waals surface area contributed by atoms with Crippen LogP contribution < -0.4 is 10.6 Å². The first kappa shape index (κ1) is 21.7. The van der Waals surface area contributed by atoms with Gasteiger partial charge in [-0.1, -0.05) is 0 Å². The van der Waals surface area contributed by atoms with Crippen LogP contribution in [0.5, 0.6) is 0 Å². The van der Waals surface area contributed by atoms with Crippen molar-refractivity contribution in [2.75, 3.05) is 46.5 Å². The minimum absolute atomic E-state index is 0.0562. The Morgan fingerprint density at radius 1 is 1.24 bits per heavy atom. The second-order valence-electron chi connectivity index (χ2n) is 7.37. The van der Waals surface area contributed by atoms with Gasteiger partial charge in [-0.2, -0.15) is 0 Å². The van der Waals surface area contributed by atoms with Crippen LogP contribution in [0.15, 0.2) is 4.99 Å². The standard InChI is InChI=1S/C18H36N4O3/c1-6-19-17(20-14-16(23)21-18(2,3)4)22-10-8-15(9-11-22)25-13-7-12-24-5/h15H,6-14H2,1-5H3,(H,19,20)(H,21,23). The molecule has 7 nitrogen and oxygen atoms in total. The van der Waals surface area contributed by atoms with Crippen LogP contribution in [0.25, 0.3) is 0 Å². The quantitative estimate of drug-likeness (QED) is 0.390. The van der Waals surface area contributed by atoms with Gasteiger partial charge in [-0.3, -0.25) is 4.79 Å². The zero-order valence-corrected chi connectivity index (χ0v) is 16.6. The van der Waals surface area contributed by atoms with E-state index < -0.39 is 0 Å². The van der Waals surface area contributed by atoms with Crippen molar-refractivity contribution in [1.82, 2.24) is 15.5 Å². The highest BCUT2D eigenvalue weighted by atomic mass is 16.5. The van der Waals surface area contributed by atoms with E-state index in [2.05, 4.69) is 20.5 Å². The second-order valence-corrected chi connectivity index (χ2v) is 7.37. The summed E-state index contributed by atoms with van der Waals surface area (Å²) in [6.07, 6.45) is 3.20. The summed E-state index contributed by atoms with van der Waals surface area (Å²) in [4.78, 5) is 18.7. The number of aliphatic imine (C=N–C) groups is 1. The van der Waals surface area contributed by atoms with Gasteiger partial charge in [0.25, 0.3) is 0 Å². The molecule has 1 rings (SSSR count). The van der Waals surface area contributed by atoms with Crippen LogP contribution in [0.3, 0.4) is 0 Å². The number of hydrogen-bond acceptors (Lipinski definition) is 4. The molecule has 2 N–H and O–H groups in total. The van der Waals surface area contributed by atoms with Crippen LogP contribution in [0.1, 0.15) is 47.0 Å². The third kappa shape index (κ3) is 9.65. The van der Waals surface area contributed by atoms with Gasteiger partial charge in [0.05, 0.1) is 6.10 Å². The molecule has 0 aromatic carbocycles. The van der Waals surface area contributed by atoms with Crippen LogP contribution in [-0.2, 0) is 14.3 Å². The average molecular weight is 357 g/mol. The summed E-state index contributed by atoms with van der Waals surface area (Å²) in [7, 11) is 1.71. The summed E-state index contributed by atoms with van der Waals surface area (Å²) in [6, 6.07) is 0. The smallest absolute Gasteiger partial charge is 0.242 e. The van der Waals surface area contributed by atoms with Crippen molar-refractivity contribution >= 4 is 11.9 Å². The van der Waals surface area contributed by atoms with Crippen molar-refractivity contribution in [3.8, 4) is 0 Å². The largest absolute Gasteiger partial charge is 0.385 e. The van der Waals surface area contributed by atoms with Gasteiger partial charge in [0.1, 0.15) is 6.54 Å². The Kier molecular flexibility index (Phi) is 9.82. The van der Waals surface area contributed by atoms with Crippen LogP contribution in [-0.4, -0.2) is 74.9 Å². The highest BCUT2D eigenvalue weighted by Crippen LogP contribution is 2.14. The summed E-state index contributed by atoms with van der Waals surface area (Å²) < 4.78 is 10.9. The number of amides is 1. The lowest BCUT2D eigenvalue weighted by Crippen LogP contribution is -2.48. The molecule has 0 bridgehead atoms. The topological polar surface area (TPSA) is 75.2 Å². The van der Waals surface area contributed by atoms with E-state index in [0.29, 0.717) is 6.10 Å². The summed E-state index contributed by atoms with van der Waals surface area (Å²) in [5, 5.41) is 6.22. The average Bonchev–Trinajstić information content (AvgIpc) is 2.54. The maximum Gasteiger partial charge on any atom is 0.242 e. The molecule has 0 saturated carbocycles. The fourth-order valence-electron chi connectivity index (χ4n) is 2.72. The van der Waals surface area contributed by atoms with Crippen LogP contribution in [0.4, 0.5) is 0 Å². The van der Waals surface area contributed by atoms with Gasteiger partial charge in [-0.15, -0.1) is 0 Å². The van der Waals surface area contributed by atoms with Gasteiger partial charge in [0.2, 0.25) is 5.91 Å². The van der Waals surface area contributed by atoms with Gasteiger partial charge in [0, 0.05) is 45.5 Å². The van der Waals surface area contributed by atoms with Gasteiger partial charge in [0.15, 0.2) is 5.96 Å². The lowest BCUT2D eigenvalue weighted by atomic mass is 10.1. The number of nitrogens with one attached hydrogen (secondary N) is 2. The monoisotopic (exact) mass is 356 g/mol. The maximum absolute atomic E-state index is 12.0. The third-order valence-electron chi connectivity index (χ3n) is 3.81. The highest BCUT2D eigenvalue weighted by Gasteiger charge is 2.22. The molecule has 0 aromatic heterocycles. The number of rotatable bonds is 8. The lowest BCUT2D eigenvalue weighted by molar-refractivity contribution is -0.121. The van der Waals surface area contributed by atoms with Crippen molar-refractivity contribution in [3.05, 3.63) is 0 Å². The first-order valence-electron chi connectivity index (χ1n) is 9.30. The van der Waals surface area contributed by atoms with Crippen molar-refractivity contribution in [3.63, 3.8) is 0 Å². The summed E-state index contributed by atoms with van der Waals surface area (Å²) in [6.45, 7) is 12.2. The molecule has 1 fully saturated rings. The molecule has 146 valence electrons. The van der Waals surface area contributed by atoms with Crippen molar-refractivity contribution < 1.29 is 14.3 Å². The number of piperidine rings is 1. The molecule has 1 aliphatic heterocycles. The predicted octanol–water partition coefficient (Wildman–Crippen LogP) is 1.38. The molecule has 0 aliphatic carbocycles. The zero-order valence-electron chi connectivity index (χ0n) is 16.6. The van der Waals surface area contributed by atoms with E-state index in [-0.39, 0.29) is 18.0 Å². The molecular weight excluding hydrogens is 320 g/mol. The fraction of sp³-hybridized carbons (Fsp3) is 0.889. The van der Waals surface area contributed by atoms with Crippen molar-refractivity contribution in [2.24, 2.45) is 4.99 Å². The molecular formula is C18H36N4O3. The van der Waals surface area contributed by atoms with Gasteiger partial charge >= 0.3 is 0 Å². The molecule has 1 amide bonds. The third-order valence-corrected chi connectivity index (χ3v) is 3.81. The Bertz CT molecular complexity index is 413. The molecule has 0 unspecified atom stereocenters. The number of likely N-dealkylation sites (tertiary alicyclic amines) is 1. The van der Waals surface area contributed by atoms with E-state index in [1.807, 2.05) is 27.7 Å². The lowest BCUT2D eigenvalue weighted by Gasteiger charge is -2.34. The van der Waals surface area contributed by atoms with E-state index in [0.717, 1.165) is 58.1 Å².